The van der Waals surface area contributed by atoms with Crippen molar-refractivity contribution in [1.29, 1.82) is 0 Å². The van der Waals surface area contributed by atoms with E-state index in [4.69, 9.17) is 21.1 Å². The highest BCUT2D eigenvalue weighted by Gasteiger charge is 2.20. The minimum Gasteiger partial charge on any atom is -0.496 e. The second kappa shape index (κ2) is 7.34. The first-order valence-electron chi connectivity index (χ1n) is 6.93. The van der Waals surface area contributed by atoms with Crippen molar-refractivity contribution in [3.8, 4) is 11.5 Å². The van der Waals surface area contributed by atoms with E-state index in [9.17, 15) is 0 Å². The molecule has 3 nitrogen and oxygen atoms in total. The number of methoxy groups -OCH3 is 1. The van der Waals surface area contributed by atoms with Gasteiger partial charge in [-0.1, -0.05) is 35.9 Å². The van der Waals surface area contributed by atoms with E-state index in [0.29, 0.717) is 11.6 Å². The van der Waals surface area contributed by atoms with Gasteiger partial charge >= 0.3 is 0 Å². The molecule has 1 atom stereocenters. The van der Waals surface area contributed by atoms with Crippen LogP contribution >= 0.6 is 11.6 Å². The van der Waals surface area contributed by atoms with Crippen molar-refractivity contribution in [2.24, 2.45) is 0 Å². The van der Waals surface area contributed by atoms with Crippen molar-refractivity contribution in [2.45, 2.75) is 13.0 Å². The molecular weight excluding hydrogens is 286 g/mol. The molecule has 0 radical (unpaired) electrons. The minimum atomic E-state index is -0.0278. The summed E-state index contributed by atoms with van der Waals surface area (Å²) >= 11 is 6.05. The fraction of sp³-hybridized carbons (Fsp3) is 0.294. The Morgan fingerprint density at radius 3 is 2.48 bits per heavy atom. The van der Waals surface area contributed by atoms with Crippen molar-refractivity contribution in [1.82, 2.24) is 5.32 Å². The summed E-state index contributed by atoms with van der Waals surface area (Å²) in [6.45, 7) is 2.61. The number of para-hydroxylation sites is 1. The summed E-state index contributed by atoms with van der Waals surface area (Å²) < 4.78 is 11.2. The van der Waals surface area contributed by atoms with Gasteiger partial charge in [0.25, 0.3) is 0 Å². The van der Waals surface area contributed by atoms with Crippen molar-refractivity contribution >= 4 is 11.6 Å². The molecule has 0 saturated heterocycles. The molecule has 0 bridgehead atoms. The number of nitrogens with one attached hydrogen (secondary N) is 1. The Labute approximate surface area is 130 Å². The second-order valence-electron chi connectivity index (χ2n) is 4.58. The highest BCUT2D eigenvalue weighted by Crippen LogP contribution is 2.35. The average Bonchev–Trinajstić information content (AvgIpc) is 2.51. The average molecular weight is 306 g/mol. The van der Waals surface area contributed by atoms with E-state index in [0.717, 1.165) is 22.6 Å². The number of hydrogen-bond acceptors (Lipinski definition) is 3. The molecule has 112 valence electrons. The predicted octanol–water partition coefficient (Wildman–Crippen LogP) is 4.06. The lowest BCUT2D eigenvalue weighted by atomic mass is 9.97. The molecule has 21 heavy (non-hydrogen) atoms. The zero-order valence-electron chi connectivity index (χ0n) is 12.5. The van der Waals surface area contributed by atoms with E-state index in [1.54, 1.807) is 7.11 Å². The summed E-state index contributed by atoms with van der Waals surface area (Å²) in [5.74, 6) is 1.63. The van der Waals surface area contributed by atoms with Crippen molar-refractivity contribution in [2.75, 3.05) is 20.8 Å². The van der Waals surface area contributed by atoms with Gasteiger partial charge in [0.1, 0.15) is 11.5 Å². The Hall–Kier alpha value is -1.71. The molecule has 0 aromatic heterocycles. The van der Waals surface area contributed by atoms with E-state index in [1.165, 1.54) is 0 Å². The van der Waals surface area contributed by atoms with Crippen molar-refractivity contribution in [3.05, 3.63) is 58.6 Å². The SMILES string of the molecule is CCOc1ccccc1C(NC)c1ccc(Cl)cc1OC. The third-order valence-electron chi connectivity index (χ3n) is 3.33. The predicted molar refractivity (Wildman–Crippen MR) is 86.5 cm³/mol. The molecule has 0 spiro atoms. The van der Waals surface area contributed by atoms with Gasteiger partial charge in [-0.05, 0) is 32.2 Å². The third-order valence-corrected chi connectivity index (χ3v) is 3.56. The van der Waals surface area contributed by atoms with Crippen molar-refractivity contribution < 1.29 is 9.47 Å². The Morgan fingerprint density at radius 1 is 1.10 bits per heavy atom. The maximum absolute atomic E-state index is 6.05. The molecule has 1 unspecified atom stereocenters. The smallest absolute Gasteiger partial charge is 0.125 e. The number of rotatable bonds is 6. The van der Waals surface area contributed by atoms with Gasteiger partial charge in [0.2, 0.25) is 0 Å². The molecule has 4 heteroatoms. The monoisotopic (exact) mass is 305 g/mol. The molecule has 0 amide bonds. The van der Waals surface area contributed by atoms with Crippen LogP contribution in [0.4, 0.5) is 0 Å². The van der Waals surface area contributed by atoms with Crippen LogP contribution < -0.4 is 14.8 Å². The van der Waals surface area contributed by atoms with Crippen LogP contribution in [0, 0.1) is 0 Å². The lowest BCUT2D eigenvalue weighted by molar-refractivity contribution is 0.333. The Morgan fingerprint density at radius 2 is 1.81 bits per heavy atom. The molecule has 0 aliphatic heterocycles. The van der Waals surface area contributed by atoms with E-state index < -0.39 is 0 Å². The van der Waals surface area contributed by atoms with Gasteiger partial charge in [-0.15, -0.1) is 0 Å². The Balaban J connectivity index is 2.49. The first-order valence-corrected chi connectivity index (χ1v) is 7.31. The number of halogens is 1. The van der Waals surface area contributed by atoms with Gasteiger partial charge in [-0.3, -0.25) is 0 Å². The molecule has 2 aromatic rings. The molecule has 2 rings (SSSR count). The highest BCUT2D eigenvalue weighted by molar-refractivity contribution is 6.30. The van der Waals surface area contributed by atoms with Crippen LogP contribution in [-0.4, -0.2) is 20.8 Å². The van der Waals surface area contributed by atoms with E-state index in [-0.39, 0.29) is 6.04 Å². The summed E-state index contributed by atoms with van der Waals surface area (Å²) in [7, 11) is 3.57. The Kier molecular flexibility index (Phi) is 5.48. The van der Waals surface area contributed by atoms with Crippen LogP contribution in [0.5, 0.6) is 11.5 Å². The maximum Gasteiger partial charge on any atom is 0.125 e. The molecular formula is C17H20ClNO2. The largest absolute Gasteiger partial charge is 0.496 e. The lowest BCUT2D eigenvalue weighted by Gasteiger charge is -2.22. The fourth-order valence-corrected chi connectivity index (χ4v) is 2.57. The van der Waals surface area contributed by atoms with Gasteiger partial charge in [0, 0.05) is 16.1 Å². The quantitative estimate of drug-likeness (QED) is 0.873. The van der Waals surface area contributed by atoms with E-state index in [2.05, 4.69) is 11.4 Å². The van der Waals surface area contributed by atoms with Gasteiger partial charge in [-0.25, -0.2) is 0 Å². The van der Waals surface area contributed by atoms with Gasteiger partial charge in [0.05, 0.1) is 19.8 Å². The molecule has 0 heterocycles. The minimum absolute atomic E-state index is 0.0278. The lowest BCUT2D eigenvalue weighted by Crippen LogP contribution is -2.19. The summed E-state index contributed by atoms with van der Waals surface area (Å²) in [5, 5.41) is 3.98. The van der Waals surface area contributed by atoms with Crippen LogP contribution in [0.15, 0.2) is 42.5 Å². The zero-order valence-corrected chi connectivity index (χ0v) is 13.3. The fourth-order valence-electron chi connectivity index (χ4n) is 2.41. The summed E-state index contributed by atoms with van der Waals surface area (Å²) in [6, 6.07) is 13.7. The van der Waals surface area contributed by atoms with Crippen molar-refractivity contribution in [3.63, 3.8) is 0 Å². The number of ether oxygens (including phenoxy) is 2. The van der Waals surface area contributed by atoms with Crippen LogP contribution in [-0.2, 0) is 0 Å². The zero-order chi connectivity index (χ0) is 15.2. The number of hydrogen-bond donors (Lipinski definition) is 1. The number of benzene rings is 2. The maximum atomic E-state index is 6.05. The first-order chi connectivity index (χ1) is 10.2. The van der Waals surface area contributed by atoms with Gasteiger partial charge in [-0.2, -0.15) is 0 Å². The summed E-state index contributed by atoms with van der Waals surface area (Å²) in [6.07, 6.45) is 0. The van der Waals surface area contributed by atoms with Crippen LogP contribution in [0.1, 0.15) is 24.1 Å². The van der Waals surface area contributed by atoms with Crippen LogP contribution in [0.2, 0.25) is 5.02 Å². The summed E-state index contributed by atoms with van der Waals surface area (Å²) in [4.78, 5) is 0. The Bertz CT molecular complexity index is 601. The first kappa shape index (κ1) is 15.7. The molecule has 2 aromatic carbocycles. The topological polar surface area (TPSA) is 30.5 Å². The highest BCUT2D eigenvalue weighted by atomic mass is 35.5. The molecule has 0 aliphatic rings. The normalized spacial score (nSPS) is 12.0. The van der Waals surface area contributed by atoms with Crippen LogP contribution in [0.25, 0.3) is 0 Å². The van der Waals surface area contributed by atoms with Gasteiger partial charge < -0.3 is 14.8 Å². The molecule has 0 aliphatic carbocycles. The molecule has 1 N–H and O–H groups in total. The molecule has 0 saturated carbocycles. The second-order valence-corrected chi connectivity index (χ2v) is 5.02. The standard InChI is InChI=1S/C17H20ClNO2/c1-4-21-15-8-6-5-7-13(15)17(19-2)14-10-9-12(18)11-16(14)20-3/h5-11,17,19H,4H2,1-3H3. The van der Waals surface area contributed by atoms with Crippen LogP contribution in [0.3, 0.4) is 0 Å². The van der Waals surface area contributed by atoms with E-state index >= 15 is 0 Å². The molecule has 0 fully saturated rings. The summed E-state index contributed by atoms with van der Waals surface area (Å²) in [5.41, 5.74) is 2.10. The third kappa shape index (κ3) is 3.49. The van der Waals surface area contributed by atoms with E-state index in [1.807, 2.05) is 50.4 Å². The van der Waals surface area contributed by atoms with Gasteiger partial charge in [0.15, 0.2) is 0 Å².